The quantitative estimate of drug-likeness (QED) is 0.706. The number of ether oxygens (including phenoxy) is 2. The number of amides is 1. The molecule has 0 atom stereocenters. The molecule has 0 radical (unpaired) electrons. The SMILES string of the molecule is CN(Cc1cnn(-c2ccccc2)c1)C(=O)c1cc(Cl)c2c(c1)OCO2. The molecule has 132 valence electrons. The van der Waals surface area contributed by atoms with Gasteiger partial charge in [-0.15, -0.1) is 0 Å². The summed E-state index contributed by atoms with van der Waals surface area (Å²) in [7, 11) is 1.74. The van der Waals surface area contributed by atoms with Crippen molar-refractivity contribution in [3.05, 3.63) is 71.0 Å². The first-order chi connectivity index (χ1) is 12.6. The highest BCUT2D eigenvalue weighted by Gasteiger charge is 2.22. The Morgan fingerprint density at radius 2 is 2.08 bits per heavy atom. The molecule has 0 saturated heterocycles. The molecule has 7 heteroatoms. The van der Waals surface area contributed by atoms with E-state index in [4.69, 9.17) is 21.1 Å². The predicted molar refractivity (Wildman–Crippen MR) is 96.9 cm³/mol. The standard InChI is InChI=1S/C19H16ClN3O3/c1-22(10-13-9-21-23(11-13)15-5-3-2-4-6-15)19(24)14-7-16(20)18-17(8-14)25-12-26-18/h2-9,11H,10,12H2,1H3. The van der Waals surface area contributed by atoms with Gasteiger partial charge in [0, 0.05) is 30.9 Å². The van der Waals surface area contributed by atoms with Crippen LogP contribution in [0.25, 0.3) is 5.69 Å². The topological polar surface area (TPSA) is 56.6 Å². The molecule has 0 saturated carbocycles. The summed E-state index contributed by atoms with van der Waals surface area (Å²) in [6.07, 6.45) is 3.66. The van der Waals surface area contributed by atoms with Crippen LogP contribution in [0.5, 0.6) is 11.5 Å². The van der Waals surface area contributed by atoms with Crippen molar-refractivity contribution < 1.29 is 14.3 Å². The lowest BCUT2D eigenvalue weighted by Gasteiger charge is -2.16. The smallest absolute Gasteiger partial charge is 0.254 e. The molecule has 26 heavy (non-hydrogen) atoms. The Balaban J connectivity index is 1.50. The number of hydrogen-bond acceptors (Lipinski definition) is 4. The zero-order valence-corrected chi connectivity index (χ0v) is 14.8. The summed E-state index contributed by atoms with van der Waals surface area (Å²) in [5.74, 6) is 0.818. The second-order valence-corrected chi connectivity index (χ2v) is 6.39. The van der Waals surface area contributed by atoms with Crippen molar-refractivity contribution in [1.29, 1.82) is 0 Å². The largest absolute Gasteiger partial charge is 0.454 e. The maximum Gasteiger partial charge on any atom is 0.254 e. The number of nitrogens with zero attached hydrogens (tertiary/aromatic N) is 3. The first-order valence-electron chi connectivity index (χ1n) is 8.05. The van der Waals surface area contributed by atoms with Crippen molar-refractivity contribution in [3.8, 4) is 17.2 Å². The number of aromatic nitrogens is 2. The highest BCUT2D eigenvalue weighted by molar-refractivity contribution is 6.32. The van der Waals surface area contributed by atoms with Crippen LogP contribution >= 0.6 is 11.6 Å². The van der Waals surface area contributed by atoms with Crippen molar-refractivity contribution >= 4 is 17.5 Å². The van der Waals surface area contributed by atoms with Gasteiger partial charge < -0.3 is 14.4 Å². The molecule has 0 aliphatic carbocycles. The first-order valence-corrected chi connectivity index (χ1v) is 8.43. The number of rotatable bonds is 4. The summed E-state index contributed by atoms with van der Waals surface area (Å²) in [6.45, 7) is 0.541. The van der Waals surface area contributed by atoms with Crippen LogP contribution in [-0.4, -0.2) is 34.4 Å². The zero-order valence-electron chi connectivity index (χ0n) is 14.1. The van der Waals surface area contributed by atoms with Crippen molar-refractivity contribution in [2.45, 2.75) is 6.54 Å². The van der Waals surface area contributed by atoms with Gasteiger partial charge in [0.2, 0.25) is 6.79 Å². The Bertz CT molecular complexity index is 956. The zero-order chi connectivity index (χ0) is 18.1. The van der Waals surface area contributed by atoms with Gasteiger partial charge in [0.15, 0.2) is 11.5 Å². The summed E-state index contributed by atoms with van der Waals surface area (Å²) in [4.78, 5) is 14.3. The third-order valence-corrected chi connectivity index (χ3v) is 4.38. The molecule has 1 aliphatic rings. The highest BCUT2D eigenvalue weighted by atomic mass is 35.5. The minimum absolute atomic E-state index is 0.112. The molecule has 0 spiro atoms. The maximum atomic E-state index is 12.7. The summed E-state index contributed by atoms with van der Waals surface area (Å²) >= 11 is 6.17. The third-order valence-electron chi connectivity index (χ3n) is 4.10. The van der Waals surface area contributed by atoms with Crippen LogP contribution in [0.3, 0.4) is 0 Å². The predicted octanol–water partition coefficient (Wildman–Crippen LogP) is 3.53. The van der Waals surface area contributed by atoms with Crippen LogP contribution in [0.15, 0.2) is 54.9 Å². The lowest BCUT2D eigenvalue weighted by atomic mass is 10.1. The highest BCUT2D eigenvalue weighted by Crippen LogP contribution is 2.40. The van der Waals surface area contributed by atoms with Crippen LogP contribution in [0, 0.1) is 0 Å². The van der Waals surface area contributed by atoms with Gasteiger partial charge in [-0.25, -0.2) is 4.68 Å². The molecule has 3 aromatic rings. The Labute approximate surface area is 155 Å². The van der Waals surface area contributed by atoms with E-state index in [-0.39, 0.29) is 12.7 Å². The van der Waals surface area contributed by atoms with E-state index in [0.717, 1.165) is 11.3 Å². The van der Waals surface area contributed by atoms with Crippen LogP contribution in [-0.2, 0) is 6.54 Å². The molecular weight excluding hydrogens is 354 g/mol. The molecule has 1 aromatic heterocycles. The minimum atomic E-state index is -0.155. The fraction of sp³-hybridized carbons (Fsp3) is 0.158. The van der Waals surface area contributed by atoms with Crippen molar-refractivity contribution in [2.75, 3.05) is 13.8 Å². The molecule has 1 amide bonds. The second-order valence-electron chi connectivity index (χ2n) is 5.98. The average molecular weight is 370 g/mol. The van der Waals surface area contributed by atoms with E-state index in [1.807, 2.05) is 36.5 Å². The van der Waals surface area contributed by atoms with Crippen LogP contribution in [0.2, 0.25) is 5.02 Å². The lowest BCUT2D eigenvalue weighted by molar-refractivity contribution is 0.0784. The molecule has 4 rings (SSSR count). The van der Waals surface area contributed by atoms with Gasteiger partial charge in [-0.1, -0.05) is 29.8 Å². The van der Waals surface area contributed by atoms with Crippen LogP contribution in [0.1, 0.15) is 15.9 Å². The van der Waals surface area contributed by atoms with Gasteiger partial charge >= 0.3 is 0 Å². The number of fused-ring (bicyclic) bond motifs is 1. The fourth-order valence-corrected chi connectivity index (χ4v) is 3.09. The number of carbonyl (C=O) groups is 1. The van der Waals surface area contributed by atoms with E-state index in [9.17, 15) is 4.79 Å². The molecule has 0 bridgehead atoms. The molecule has 6 nitrogen and oxygen atoms in total. The molecule has 2 aromatic carbocycles. The van der Waals surface area contributed by atoms with E-state index >= 15 is 0 Å². The normalized spacial score (nSPS) is 12.2. The van der Waals surface area contributed by atoms with E-state index < -0.39 is 0 Å². The summed E-state index contributed by atoms with van der Waals surface area (Å²) in [6, 6.07) is 13.1. The minimum Gasteiger partial charge on any atom is -0.454 e. The first kappa shape index (κ1) is 16.5. The Morgan fingerprint density at radius 1 is 1.27 bits per heavy atom. The van der Waals surface area contributed by atoms with Crippen molar-refractivity contribution in [3.63, 3.8) is 0 Å². The van der Waals surface area contributed by atoms with Crippen LogP contribution < -0.4 is 9.47 Å². The van der Waals surface area contributed by atoms with Gasteiger partial charge in [-0.05, 0) is 24.3 Å². The summed E-state index contributed by atoms with van der Waals surface area (Å²) < 4.78 is 12.4. The Hall–Kier alpha value is -2.99. The monoisotopic (exact) mass is 369 g/mol. The lowest BCUT2D eigenvalue weighted by Crippen LogP contribution is -2.26. The van der Waals surface area contributed by atoms with Gasteiger partial charge in [0.05, 0.1) is 16.9 Å². The summed E-state index contributed by atoms with van der Waals surface area (Å²) in [5, 5.41) is 4.72. The van der Waals surface area contributed by atoms with E-state index in [0.29, 0.717) is 28.6 Å². The number of benzene rings is 2. The third kappa shape index (κ3) is 3.11. The number of carbonyl (C=O) groups excluding carboxylic acids is 1. The Morgan fingerprint density at radius 3 is 2.88 bits per heavy atom. The molecule has 2 heterocycles. The van der Waals surface area contributed by atoms with Crippen LogP contribution in [0.4, 0.5) is 0 Å². The summed E-state index contributed by atoms with van der Waals surface area (Å²) in [5.41, 5.74) is 2.35. The van der Waals surface area contributed by atoms with Gasteiger partial charge in [-0.2, -0.15) is 5.10 Å². The average Bonchev–Trinajstić information content (AvgIpc) is 3.31. The molecule has 0 fully saturated rings. The Kier molecular flexibility index (Phi) is 4.26. The maximum absolute atomic E-state index is 12.7. The number of halogens is 1. The fourth-order valence-electron chi connectivity index (χ4n) is 2.82. The van der Waals surface area contributed by atoms with Gasteiger partial charge in [-0.3, -0.25) is 4.79 Å². The number of hydrogen-bond donors (Lipinski definition) is 0. The second kappa shape index (κ2) is 6.72. The van der Waals surface area contributed by atoms with E-state index in [1.54, 1.807) is 35.0 Å². The molecule has 1 aliphatic heterocycles. The van der Waals surface area contributed by atoms with Gasteiger partial charge in [0.25, 0.3) is 5.91 Å². The van der Waals surface area contributed by atoms with Crippen molar-refractivity contribution in [1.82, 2.24) is 14.7 Å². The molecule has 0 N–H and O–H groups in total. The van der Waals surface area contributed by atoms with Gasteiger partial charge in [0.1, 0.15) is 0 Å². The molecular formula is C19H16ClN3O3. The van der Waals surface area contributed by atoms with E-state index in [1.165, 1.54) is 0 Å². The number of para-hydroxylation sites is 1. The van der Waals surface area contributed by atoms with Crippen molar-refractivity contribution in [2.24, 2.45) is 0 Å². The molecule has 0 unspecified atom stereocenters. The van der Waals surface area contributed by atoms with E-state index in [2.05, 4.69) is 5.10 Å².